The zero-order chi connectivity index (χ0) is 52.3. The van der Waals surface area contributed by atoms with E-state index in [-0.39, 0.29) is 0 Å². The van der Waals surface area contributed by atoms with Crippen molar-refractivity contribution in [3.05, 3.63) is 260 Å². The monoisotopic (exact) mass is 1070 g/mol. The van der Waals surface area contributed by atoms with Crippen LogP contribution in [0.25, 0.3) is 120 Å². The summed E-state index contributed by atoms with van der Waals surface area (Å²) in [5, 5.41) is 33.1. The number of pyridine rings is 2. The molecule has 0 saturated heterocycles. The van der Waals surface area contributed by atoms with Crippen LogP contribution in [0.4, 0.5) is 0 Å². The lowest BCUT2D eigenvalue weighted by Gasteiger charge is -2.22. The van der Waals surface area contributed by atoms with Gasteiger partial charge in [0.2, 0.25) is 0 Å². The molecular weight excluding hydrogens is 1020 g/mol. The van der Waals surface area contributed by atoms with Gasteiger partial charge in [0.05, 0.1) is 0 Å². The summed E-state index contributed by atoms with van der Waals surface area (Å²) in [5.74, 6) is 3.52. The molecule has 368 valence electrons. The van der Waals surface area contributed by atoms with E-state index in [0.717, 1.165) is 110 Å². The summed E-state index contributed by atoms with van der Waals surface area (Å²) in [4.78, 5) is 8.82. The summed E-state index contributed by atoms with van der Waals surface area (Å²) < 4.78 is 13.5. The summed E-state index contributed by atoms with van der Waals surface area (Å²) in [7, 11) is -1.50. The molecule has 0 aliphatic carbocycles. The fourth-order valence-electron chi connectivity index (χ4n) is 11.7. The van der Waals surface area contributed by atoms with Gasteiger partial charge in [0, 0.05) is 73.1 Å². The van der Waals surface area contributed by atoms with Crippen LogP contribution in [0.1, 0.15) is 0 Å². The van der Waals surface area contributed by atoms with Gasteiger partial charge in [0.25, 0.3) is 0 Å². The van der Waals surface area contributed by atoms with Crippen LogP contribution in [0.15, 0.2) is 260 Å². The number of hydrogen-bond donors (Lipinski definition) is 2. The molecule has 0 amide bonds. The van der Waals surface area contributed by atoms with Crippen LogP contribution >= 0.6 is 15.9 Å². The maximum absolute atomic E-state index is 9.94. The second-order valence-electron chi connectivity index (χ2n) is 19.5. The molecule has 0 saturated carbocycles. The summed E-state index contributed by atoms with van der Waals surface area (Å²) in [5.41, 5.74) is 12.1. The van der Waals surface area contributed by atoms with Gasteiger partial charge in [0.15, 0.2) is 0 Å². The fraction of sp³-hybridized carbons (Fsp3) is 0. The first-order valence-corrected chi connectivity index (χ1v) is 26.6. The molecule has 12 aromatic carbocycles. The van der Waals surface area contributed by atoms with Gasteiger partial charge in [-0.05, 0) is 124 Å². The Morgan fingerprint density at radius 1 is 0.321 bits per heavy atom. The molecule has 2 aliphatic heterocycles. The molecule has 0 radical (unpaired) electrons. The van der Waals surface area contributed by atoms with Crippen molar-refractivity contribution in [2.45, 2.75) is 0 Å². The number of nitrogens with zero attached hydrogens (tertiary/aromatic N) is 2. The Bertz CT molecular complexity index is 4560. The van der Waals surface area contributed by atoms with Crippen LogP contribution in [0.5, 0.6) is 23.0 Å². The fourth-order valence-corrected chi connectivity index (χ4v) is 12.1. The van der Waals surface area contributed by atoms with Crippen LogP contribution in [0, 0.1) is 0 Å². The lowest BCUT2D eigenvalue weighted by Crippen LogP contribution is -2.31. The maximum Gasteiger partial charge on any atom is 0.489 e. The van der Waals surface area contributed by atoms with Crippen molar-refractivity contribution in [3.63, 3.8) is 0 Å². The van der Waals surface area contributed by atoms with Crippen molar-refractivity contribution in [2.24, 2.45) is 0 Å². The summed E-state index contributed by atoms with van der Waals surface area (Å²) in [6.45, 7) is 0. The van der Waals surface area contributed by atoms with Crippen LogP contribution in [0.2, 0.25) is 0 Å². The van der Waals surface area contributed by atoms with Crippen LogP contribution in [0.3, 0.4) is 0 Å². The van der Waals surface area contributed by atoms with E-state index in [1.54, 1.807) is 0 Å². The number of fused-ring (bicyclic) bond motifs is 8. The number of halogens is 1. The molecular formula is C70H44BBrN2O4. The van der Waals surface area contributed by atoms with E-state index in [0.29, 0.717) is 5.46 Å². The molecule has 0 unspecified atom stereocenters. The zero-order valence-electron chi connectivity index (χ0n) is 41.8. The molecule has 8 heteroatoms. The Labute approximate surface area is 458 Å². The maximum atomic E-state index is 9.94. The van der Waals surface area contributed by atoms with E-state index in [9.17, 15) is 10.0 Å². The first-order valence-electron chi connectivity index (χ1n) is 25.8. The number of aromatic nitrogens is 2. The predicted octanol–water partition coefficient (Wildman–Crippen LogP) is 17.8. The molecule has 2 N–H and O–H groups in total. The third-order valence-electron chi connectivity index (χ3n) is 15.0. The Kier molecular flexibility index (Phi) is 11.8. The average molecular weight is 1070 g/mol. The highest BCUT2D eigenvalue weighted by molar-refractivity contribution is 9.10. The largest absolute Gasteiger partial charge is 0.489 e. The Morgan fingerprint density at radius 3 is 1.15 bits per heavy atom. The molecule has 0 fully saturated rings. The van der Waals surface area contributed by atoms with Gasteiger partial charge in [0.1, 0.15) is 23.0 Å². The van der Waals surface area contributed by atoms with Crippen molar-refractivity contribution in [3.8, 4) is 78.6 Å². The molecule has 6 nitrogen and oxygen atoms in total. The lowest BCUT2D eigenvalue weighted by molar-refractivity contribution is 0.426. The number of benzene rings is 12. The molecule has 0 spiro atoms. The Balaban J connectivity index is 0.000000115. The Hall–Kier alpha value is -9.44. The van der Waals surface area contributed by atoms with Crippen LogP contribution < -0.4 is 14.9 Å². The second-order valence-corrected chi connectivity index (χ2v) is 20.4. The molecule has 14 aromatic rings. The number of hydrogen-bond acceptors (Lipinski definition) is 6. The second kappa shape index (κ2) is 19.6. The third kappa shape index (κ3) is 8.05. The minimum absolute atomic E-state index is 0.566. The van der Waals surface area contributed by atoms with Gasteiger partial charge in [-0.25, -0.2) is 0 Å². The summed E-state index contributed by atoms with van der Waals surface area (Å²) >= 11 is 3.47. The van der Waals surface area contributed by atoms with Gasteiger partial charge in [-0.15, -0.1) is 0 Å². The topological polar surface area (TPSA) is 84.7 Å². The SMILES string of the molecule is Brc1ccc2c(c1)Oc1cccc3cncc-2c13.OB(O)c1c2ccccc2c(-c2ccccc2)c2ccccc12.c1ccc(-c2c3ccccc3c(-c3ccc4c(c3)Oc3cccc5cncc-4c35)c3ccccc23)cc1. The Morgan fingerprint density at radius 2 is 0.705 bits per heavy atom. The van der Waals surface area contributed by atoms with Gasteiger partial charge < -0.3 is 19.5 Å². The minimum Gasteiger partial charge on any atom is -0.456 e. The van der Waals surface area contributed by atoms with E-state index < -0.39 is 7.12 Å². The van der Waals surface area contributed by atoms with Crippen LogP contribution in [-0.2, 0) is 0 Å². The highest BCUT2D eigenvalue weighted by atomic mass is 79.9. The highest BCUT2D eigenvalue weighted by Crippen LogP contribution is 2.50. The lowest BCUT2D eigenvalue weighted by atomic mass is 9.72. The van der Waals surface area contributed by atoms with Crippen molar-refractivity contribution < 1.29 is 19.5 Å². The van der Waals surface area contributed by atoms with Crippen molar-refractivity contribution in [2.75, 3.05) is 0 Å². The molecule has 16 rings (SSSR count). The van der Waals surface area contributed by atoms with Crippen molar-refractivity contribution in [1.29, 1.82) is 0 Å². The van der Waals surface area contributed by atoms with Crippen LogP contribution in [-0.4, -0.2) is 27.1 Å². The number of ether oxygens (including phenoxy) is 2. The summed E-state index contributed by atoms with van der Waals surface area (Å²) in [6.07, 6.45) is 7.63. The smallest absolute Gasteiger partial charge is 0.456 e. The molecule has 78 heavy (non-hydrogen) atoms. The third-order valence-corrected chi connectivity index (χ3v) is 15.5. The highest BCUT2D eigenvalue weighted by Gasteiger charge is 2.25. The van der Waals surface area contributed by atoms with Gasteiger partial charge in [-0.1, -0.05) is 204 Å². The standard InChI is InChI=1S/C35H21NO.C20H15BO2.C15H8BrNO/c1-2-9-22(10-3-1)33-26-12-4-6-14-28(26)34(29-15-7-5-13-27(29)33)23-17-18-25-30-21-36-20-24-11-8-16-31(35(24)30)37-32(25)19-23;22-21(23)20-17-12-6-4-10-15(17)19(14-8-2-1-3-9-14)16-11-5-7-13-18(16)20;16-10-4-5-11-12-8-17-7-9-2-1-3-13(15(9)12)18-14(11)6-10/h1-21H;1-13,22-23H;1-8H. The first-order chi connectivity index (χ1) is 38.5. The van der Waals surface area contributed by atoms with E-state index in [2.05, 4.69) is 153 Å². The van der Waals surface area contributed by atoms with Gasteiger partial charge >= 0.3 is 7.12 Å². The molecule has 2 aromatic heterocycles. The van der Waals surface area contributed by atoms with Crippen molar-refractivity contribution >= 4 is 93.1 Å². The molecule has 2 aliphatic rings. The van der Waals surface area contributed by atoms with Crippen molar-refractivity contribution in [1.82, 2.24) is 9.97 Å². The minimum atomic E-state index is -1.50. The first kappa shape index (κ1) is 47.0. The van der Waals surface area contributed by atoms with E-state index in [1.165, 1.54) is 38.2 Å². The van der Waals surface area contributed by atoms with E-state index >= 15 is 0 Å². The quantitative estimate of drug-likeness (QED) is 0.135. The number of rotatable bonds is 4. The van der Waals surface area contributed by atoms with Gasteiger partial charge in [-0.3, -0.25) is 9.97 Å². The predicted molar refractivity (Wildman–Crippen MR) is 325 cm³/mol. The van der Waals surface area contributed by atoms with E-state index in [4.69, 9.17) is 9.47 Å². The molecule has 0 bridgehead atoms. The normalized spacial score (nSPS) is 11.7. The van der Waals surface area contributed by atoms with E-state index in [1.807, 2.05) is 128 Å². The molecule has 0 atom stereocenters. The average Bonchev–Trinajstić information content (AvgIpc) is 3.67. The molecule has 4 heterocycles. The zero-order valence-corrected chi connectivity index (χ0v) is 43.4. The van der Waals surface area contributed by atoms with Gasteiger partial charge in [-0.2, -0.15) is 0 Å². The summed E-state index contributed by atoms with van der Waals surface area (Å²) in [6, 6.07) is 79.1.